The zero-order valence-corrected chi connectivity index (χ0v) is 12.2. The van der Waals surface area contributed by atoms with Gasteiger partial charge >= 0.3 is 5.97 Å². The third kappa shape index (κ3) is 4.02. The predicted octanol–water partition coefficient (Wildman–Crippen LogP) is 2.38. The maximum absolute atomic E-state index is 10.8. The average molecular weight is 270 g/mol. The van der Waals surface area contributed by atoms with Crippen molar-refractivity contribution in [2.45, 2.75) is 52.6 Å². The topological polar surface area (TPSA) is 85.5 Å². The van der Waals surface area contributed by atoms with E-state index in [1.807, 2.05) is 27.7 Å². The van der Waals surface area contributed by atoms with Crippen LogP contribution in [0.1, 0.15) is 52.3 Å². The fourth-order valence-corrected chi connectivity index (χ4v) is 1.82. The number of methoxy groups -OCH3 is 1. The summed E-state index contributed by atoms with van der Waals surface area (Å²) in [6.07, 6.45) is 1.21. The Morgan fingerprint density at radius 2 is 2.05 bits per heavy atom. The number of aliphatic carboxylic acids is 1. The Morgan fingerprint density at radius 1 is 1.42 bits per heavy atom. The summed E-state index contributed by atoms with van der Waals surface area (Å²) >= 11 is 0. The molecule has 0 aliphatic heterocycles. The molecule has 0 bridgehead atoms. The van der Waals surface area contributed by atoms with Crippen molar-refractivity contribution < 1.29 is 19.2 Å². The van der Waals surface area contributed by atoms with Gasteiger partial charge in [-0.2, -0.15) is 4.98 Å². The molecule has 0 aliphatic rings. The summed E-state index contributed by atoms with van der Waals surface area (Å²) in [6.45, 7) is 7.60. The van der Waals surface area contributed by atoms with Crippen LogP contribution in [0, 0.1) is 5.41 Å². The molecule has 6 heteroatoms. The largest absolute Gasteiger partial charge is 0.481 e. The standard InChI is InChI=1S/C13H22N2O4/c1-6-13(4,18-5)11-14-9(19-15-11)7-12(2,3)8-10(16)17/h6-8H2,1-5H3,(H,16,17). The number of carbonyl (C=O) groups is 1. The Balaban J connectivity index is 2.83. The van der Waals surface area contributed by atoms with Crippen LogP contribution in [0.15, 0.2) is 4.52 Å². The number of hydrogen-bond donors (Lipinski definition) is 1. The fraction of sp³-hybridized carbons (Fsp3) is 0.769. The summed E-state index contributed by atoms with van der Waals surface area (Å²) in [5, 5.41) is 12.8. The maximum atomic E-state index is 10.8. The Morgan fingerprint density at radius 3 is 2.53 bits per heavy atom. The van der Waals surface area contributed by atoms with Gasteiger partial charge in [-0.05, 0) is 18.8 Å². The van der Waals surface area contributed by atoms with Crippen molar-refractivity contribution in [2.24, 2.45) is 5.41 Å². The second-order valence-corrected chi connectivity index (χ2v) is 5.71. The number of aromatic nitrogens is 2. The van der Waals surface area contributed by atoms with Crippen molar-refractivity contribution in [3.8, 4) is 0 Å². The van der Waals surface area contributed by atoms with Gasteiger partial charge in [0.25, 0.3) is 0 Å². The van der Waals surface area contributed by atoms with Gasteiger partial charge in [0.1, 0.15) is 5.60 Å². The monoisotopic (exact) mass is 270 g/mol. The van der Waals surface area contributed by atoms with Crippen LogP contribution in [0.4, 0.5) is 0 Å². The van der Waals surface area contributed by atoms with Crippen molar-refractivity contribution in [1.82, 2.24) is 10.1 Å². The SMILES string of the molecule is CCC(C)(OC)c1noc(CC(C)(C)CC(=O)O)n1. The van der Waals surface area contributed by atoms with Crippen molar-refractivity contribution in [2.75, 3.05) is 7.11 Å². The maximum Gasteiger partial charge on any atom is 0.303 e. The molecule has 0 saturated carbocycles. The first-order valence-corrected chi connectivity index (χ1v) is 6.32. The van der Waals surface area contributed by atoms with Crippen LogP contribution in [0.25, 0.3) is 0 Å². The third-order valence-electron chi connectivity index (χ3n) is 3.33. The van der Waals surface area contributed by atoms with Gasteiger partial charge in [-0.25, -0.2) is 0 Å². The Bertz CT molecular complexity index is 436. The minimum atomic E-state index is -0.833. The summed E-state index contributed by atoms with van der Waals surface area (Å²) in [5.41, 5.74) is -0.996. The van der Waals surface area contributed by atoms with E-state index in [0.717, 1.165) is 6.42 Å². The minimum Gasteiger partial charge on any atom is -0.481 e. The molecular weight excluding hydrogens is 248 g/mol. The third-order valence-corrected chi connectivity index (χ3v) is 3.33. The number of nitrogens with zero attached hydrogens (tertiary/aromatic N) is 2. The normalized spacial score (nSPS) is 15.2. The van der Waals surface area contributed by atoms with Crippen molar-refractivity contribution in [3.63, 3.8) is 0 Å². The van der Waals surface area contributed by atoms with E-state index in [9.17, 15) is 4.79 Å². The molecule has 1 aromatic heterocycles. The molecule has 1 N–H and O–H groups in total. The van der Waals surface area contributed by atoms with Crippen LogP contribution in [0.3, 0.4) is 0 Å². The molecule has 0 spiro atoms. The molecule has 1 unspecified atom stereocenters. The zero-order chi connectivity index (χ0) is 14.7. The van der Waals surface area contributed by atoms with Gasteiger partial charge in [-0.3, -0.25) is 4.79 Å². The van der Waals surface area contributed by atoms with Crippen LogP contribution in [0.5, 0.6) is 0 Å². The molecule has 0 radical (unpaired) electrons. The van der Waals surface area contributed by atoms with Gasteiger partial charge < -0.3 is 14.4 Å². The molecule has 0 aliphatic carbocycles. The zero-order valence-electron chi connectivity index (χ0n) is 12.2. The molecule has 0 amide bonds. The van der Waals surface area contributed by atoms with E-state index in [1.165, 1.54) is 0 Å². The lowest BCUT2D eigenvalue weighted by Crippen LogP contribution is -2.25. The lowest BCUT2D eigenvalue weighted by atomic mass is 9.86. The van der Waals surface area contributed by atoms with Gasteiger partial charge in [0, 0.05) is 13.5 Å². The van der Waals surface area contributed by atoms with Crippen molar-refractivity contribution >= 4 is 5.97 Å². The highest BCUT2D eigenvalue weighted by molar-refractivity contribution is 5.67. The molecule has 1 aromatic rings. The average Bonchev–Trinajstić information content (AvgIpc) is 2.74. The highest BCUT2D eigenvalue weighted by Gasteiger charge is 2.31. The van der Waals surface area contributed by atoms with Crippen LogP contribution in [0.2, 0.25) is 0 Å². The smallest absolute Gasteiger partial charge is 0.303 e. The highest BCUT2D eigenvalue weighted by atomic mass is 16.5. The van der Waals surface area contributed by atoms with E-state index in [-0.39, 0.29) is 6.42 Å². The van der Waals surface area contributed by atoms with Gasteiger partial charge in [0.2, 0.25) is 11.7 Å². The highest BCUT2D eigenvalue weighted by Crippen LogP contribution is 2.28. The first kappa shape index (κ1) is 15.6. The number of carboxylic acids is 1. The molecule has 6 nitrogen and oxygen atoms in total. The molecule has 0 aromatic carbocycles. The Hall–Kier alpha value is -1.43. The lowest BCUT2D eigenvalue weighted by Gasteiger charge is -2.22. The Kier molecular flexibility index (Phi) is 4.68. The van der Waals surface area contributed by atoms with E-state index < -0.39 is 17.0 Å². The molecular formula is C13H22N2O4. The molecule has 19 heavy (non-hydrogen) atoms. The van der Waals surface area contributed by atoms with Crippen LogP contribution in [-0.2, 0) is 21.6 Å². The fourth-order valence-electron chi connectivity index (χ4n) is 1.82. The molecule has 0 saturated heterocycles. The quantitative estimate of drug-likeness (QED) is 0.818. The first-order valence-electron chi connectivity index (χ1n) is 6.32. The Labute approximate surface area is 113 Å². The summed E-state index contributed by atoms with van der Waals surface area (Å²) in [5.74, 6) is 0.108. The number of carboxylic acid groups (broad SMARTS) is 1. The van der Waals surface area contributed by atoms with E-state index in [0.29, 0.717) is 18.1 Å². The van der Waals surface area contributed by atoms with Crippen molar-refractivity contribution in [1.29, 1.82) is 0 Å². The van der Waals surface area contributed by atoms with Crippen LogP contribution < -0.4 is 0 Å². The number of rotatable bonds is 7. The van der Waals surface area contributed by atoms with Gasteiger partial charge in [-0.1, -0.05) is 25.9 Å². The van der Waals surface area contributed by atoms with Crippen LogP contribution in [-0.4, -0.2) is 28.3 Å². The minimum absolute atomic E-state index is 0.0556. The summed E-state index contributed by atoms with van der Waals surface area (Å²) in [6, 6.07) is 0. The first-order chi connectivity index (χ1) is 8.72. The van der Waals surface area contributed by atoms with Gasteiger partial charge in [0.15, 0.2) is 0 Å². The molecule has 0 fully saturated rings. The molecule has 108 valence electrons. The van der Waals surface area contributed by atoms with E-state index in [4.69, 9.17) is 14.4 Å². The summed E-state index contributed by atoms with van der Waals surface area (Å²) in [4.78, 5) is 15.1. The summed E-state index contributed by atoms with van der Waals surface area (Å²) in [7, 11) is 1.61. The van der Waals surface area contributed by atoms with E-state index in [2.05, 4.69) is 10.1 Å². The van der Waals surface area contributed by atoms with E-state index in [1.54, 1.807) is 7.11 Å². The van der Waals surface area contributed by atoms with E-state index >= 15 is 0 Å². The van der Waals surface area contributed by atoms with Gasteiger partial charge in [0.05, 0.1) is 6.42 Å². The molecule has 1 heterocycles. The van der Waals surface area contributed by atoms with Gasteiger partial charge in [-0.15, -0.1) is 0 Å². The molecule has 1 rings (SSSR count). The van der Waals surface area contributed by atoms with Crippen molar-refractivity contribution in [3.05, 3.63) is 11.7 Å². The number of hydrogen-bond acceptors (Lipinski definition) is 5. The van der Waals surface area contributed by atoms with Crippen LogP contribution >= 0.6 is 0 Å². The second kappa shape index (κ2) is 5.69. The predicted molar refractivity (Wildman–Crippen MR) is 68.7 cm³/mol. The summed E-state index contributed by atoms with van der Waals surface area (Å²) < 4.78 is 10.6. The second-order valence-electron chi connectivity index (χ2n) is 5.71. The lowest BCUT2D eigenvalue weighted by molar-refractivity contribution is -0.139. The molecule has 1 atom stereocenters. The number of ether oxygens (including phenoxy) is 1.